The lowest BCUT2D eigenvalue weighted by Gasteiger charge is -2.44. The van der Waals surface area contributed by atoms with Crippen LogP contribution in [0.15, 0.2) is 12.2 Å². The number of hydrogen-bond donors (Lipinski definition) is 0. The fourth-order valence-corrected chi connectivity index (χ4v) is 8.84. The summed E-state index contributed by atoms with van der Waals surface area (Å²) < 4.78 is 38.4. The maximum Gasteiger partial charge on any atom is 0.308 e. The van der Waals surface area contributed by atoms with Gasteiger partial charge in [0.15, 0.2) is 16.6 Å². The van der Waals surface area contributed by atoms with Crippen molar-refractivity contribution in [3.63, 3.8) is 0 Å². The second-order valence-electron chi connectivity index (χ2n) is 18.0. The molecule has 276 valence electrons. The van der Waals surface area contributed by atoms with E-state index in [0.717, 1.165) is 44.9 Å². The van der Waals surface area contributed by atoms with E-state index in [-0.39, 0.29) is 65.2 Å². The summed E-state index contributed by atoms with van der Waals surface area (Å²) >= 11 is 0. The highest BCUT2D eigenvalue weighted by molar-refractivity contribution is 6.74. The predicted octanol–water partition coefficient (Wildman–Crippen LogP) is 9.85. The van der Waals surface area contributed by atoms with Gasteiger partial charge in [-0.15, -0.1) is 0 Å². The number of esters is 1. The van der Waals surface area contributed by atoms with Crippen molar-refractivity contribution in [3.8, 4) is 0 Å². The monoisotopic (exact) mass is 698 g/mol. The number of carbonyl (C=O) groups is 1. The molecule has 0 unspecified atom stereocenters. The third-order valence-corrected chi connectivity index (χ3v) is 20.4. The van der Waals surface area contributed by atoms with Crippen LogP contribution in [0, 0.1) is 11.8 Å². The van der Waals surface area contributed by atoms with Crippen LogP contribution in [0.5, 0.6) is 0 Å². The molecule has 0 amide bonds. The van der Waals surface area contributed by atoms with Gasteiger partial charge in [0.05, 0.1) is 50.2 Å². The molecule has 2 heterocycles. The minimum atomic E-state index is -1.99. The summed E-state index contributed by atoms with van der Waals surface area (Å²) in [5, 5.41) is 0.261. The third-order valence-electron chi connectivity index (χ3n) is 11.3. The molecule has 0 aliphatic carbocycles. The van der Waals surface area contributed by atoms with Crippen LogP contribution in [0.25, 0.3) is 0 Å². The van der Waals surface area contributed by atoms with Crippen molar-refractivity contribution in [2.45, 2.75) is 199 Å². The SMILES string of the molecule is COC(=O)C[C@H]1C[C@H](O[Si](C)(C)C(C)(C)C)C[C@@H](C[C@@H](C[C@H]2O[C@H](C[C@H](/C=C/CC(C)C)O[Si](C)(C)C(C)(C)C)CC[C@@H]2C)OC)O1. The molecule has 2 aliphatic heterocycles. The zero-order chi connectivity index (χ0) is 35.8. The number of rotatable bonds is 16. The molecule has 2 saturated heterocycles. The highest BCUT2D eigenvalue weighted by Gasteiger charge is 2.43. The van der Waals surface area contributed by atoms with E-state index in [2.05, 4.69) is 101 Å². The molecule has 0 N–H and O–H groups in total. The molecule has 9 heteroatoms. The Morgan fingerprint density at radius 2 is 1.47 bits per heavy atom. The van der Waals surface area contributed by atoms with E-state index in [4.69, 9.17) is 27.8 Å². The average Bonchev–Trinajstić information content (AvgIpc) is 2.92. The van der Waals surface area contributed by atoms with Gasteiger partial charge in [0.1, 0.15) is 0 Å². The minimum absolute atomic E-state index is 0.0122. The Bertz CT molecular complexity index is 968. The molecular formula is C38H74O7Si2. The molecule has 0 radical (unpaired) electrons. The van der Waals surface area contributed by atoms with Gasteiger partial charge in [0.25, 0.3) is 0 Å². The van der Waals surface area contributed by atoms with Crippen molar-refractivity contribution >= 4 is 22.6 Å². The van der Waals surface area contributed by atoms with Gasteiger partial charge in [-0.3, -0.25) is 4.79 Å². The van der Waals surface area contributed by atoms with E-state index in [1.807, 2.05) is 0 Å². The summed E-state index contributed by atoms with van der Waals surface area (Å²) in [5.41, 5.74) is 0. The molecule has 2 rings (SSSR count). The summed E-state index contributed by atoms with van der Waals surface area (Å²) in [7, 11) is -0.692. The lowest BCUT2D eigenvalue weighted by atomic mass is 9.87. The Morgan fingerprint density at radius 1 is 0.851 bits per heavy atom. The van der Waals surface area contributed by atoms with Crippen molar-refractivity contribution in [1.82, 2.24) is 0 Å². The van der Waals surface area contributed by atoms with Gasteiger partial charge in [-0.2, -0.15) is 0 Å². The van der Waals surface area contributed by atoms with E-state index in [9.17, 15) is 4.79 Å². The van der Waals surface area contributed by atoms with Gasteiger partial charge in [0, 0.05) is 26.1 Å². The zero-order valence-corrected chi connectivity index (χ0v) is 35.1. The van der Waals surface area contributed by atoms with Gasteiger partial charge in [-0.05, 0) is 86.6 Å². The lowest BCUT2D eigenvalue weighted by Crippen LogP contribution is -2.48. The van der Waals surface area contributed by atoms with Crippen molar-refractivity contribution < 1.29 is 32.6 Å². The maximum absolute atomic E-state index is 12.2. The van der Waals surface area contributed by atoms with Crippen LogP contribution in [0.1, 0.15) is 120 Å². The Kier molecular flexibility index (Phi) is 16.4. The highest BCUT2D eigenvalue weighted by Crippen LogP contribution is 2.41. The molecule has 0 bridgehead atoms. The number of methoxy groups -OCH3 is 2. The van der Waals surface area contributed by atoms with Crippen molar-refractivity contribution in [1.29, 1.82) is 0 Å². The van der Waals surface area contributed by atoms with E-state index in [0.29, 0.717) is 18.3 Å². The standard InChI is InChI=1S/C38H74O7Si2/c1-27(2)17-16-18-30(44-46(12,13)37(4,5)6)21-29-20-19-28(3)35(43-29)25-31(40-10)22-32-23-34(45-47(14,15)38(7,8)9)24-33(42-32)26-36(39)41-11/h16,18,27-35H,17,19-26H2,1-15H3/b18-16+/t28-,29-,30-,31-,32+,33+,34+,35+/m0/s1. The van der Waals surface area contributed by atoms with Crippen LogP contribution in [0.3, 0.4) is 0 Å². The van der Waals surface area contributed by atoms with Crippen LogP contribution >= 0.6 is 0 Å². The molecule has 2 fully saturated rings. The summed E-state index contributed by atoms with van der Waals surface area (Å²) in [4.78, 5) is 12.2. The quantitative estimate of drug-likeness (QED) is 0.0903. The largest absolute Gasteiger partial charge is 0.469 e. The second-order valence-corrected chi connectivity index (χ2v) is 27.5. The molecule has 2 aliphatic rings. The summed E-state index contributed by atoms with van der Waals surface area (Å²) in [6, 6.07) is 0. The Balaban J connectivity index is 2.14. The van der Waals surface area contributed by atoms with Crippen LogP contribution in [0.4, 0.5) is 0 Å². The summed E-state index contributed by atoms with van der Waals surface area (Å²) in [5.74, 6) is 0.837. The summed E-state index contributed by atoms with van der Waals surface area (Å²) in [6.45, 7) is 29.8. The van der Waals surface area contributed by atoms with E-state index >= 15 is 0 Å². The number of allylic oxidation sites excluding steroid dienone is 1. The van der Waals surface area contributed by atoms with Gasteiger partial charge >= 0.3 is 5.97 Å². The molecule has 7 nitrogen and oxygen atoms in total. The topological polar surface area (TPSA) is 72.5 Å². The molecule has 0 saturated carbocycles. The summed E-state index contributed by atoms with van der Waals surface area (Å²) in [6.07, 6.45) is 12.2. The molecule has 0 spiro atoms. The molecular weight excluding hydrogens is 625 g/mol. The Morgan fingerprint density at radius 3 is 2.02 bits per heavy atom. The highest BCUT2D eigenvalue weighted by atomic mass is 28.4. The van der Waals surface area contributed by atoms with E-state index < -0.39 is 16.6 Å². The third kappa shape index (κ3) is 13.9. The van der Waals surface area contributed by atoms with Gasteiger partial charge < -0.3 is 27.8 Å². The first kappa shape index (κ1) is 42.6. The smallest absolute Gasteiger partial charge is 0.308 e. The van der Waals surface area contributed by atoms with Crippen molar-refractivity contribution in [3.05, 3.63) is 12.2 Å². The number of carbonyl (C=O) groups excluding carboxylic acids is 1. The van der Waals surface area contributed by atoms with E-state index in [1.165, 1.54) is 7.11 Å². The molecule has 8 atom stereocenters. The van der Waals surface area contributed by atoms with Crippen LogP contribution in [-0.4, -0.2) is 79.6 Å². The first-order valence-corrected chi connectivity index (χ1v) is 24.3. The Hall–Kier alpha value is -0.556. The first-order valence-electron chi connectivity index (χ1n) is 18.5. The number of hydrogen-bond acceptors (Lipinski definition) is 7. The fraction of sp³-hybridized carbons (Fsp3) is 0.921. The van der Waals surface area contributed by atoms with Crippen LogP contribution < -0.4 is 0 Å². The normalized spacial score (nSPS) is 28.1. The minimum Gasteiger partial charge on any atom is -0.469 e. The maximum atomic E-state index is 12.2. The molecule has 0 aromatic heterocycles. The first-order chi connectivity index (χ1) is 21.6. The molecule has 47 heavy (non-hydrogen) atoms. The fourth-order valence-electron chi connectivity index (χ4n) is 6.18. The van der Waals surface area contributed by atoms with Crippen LogP contribution in [0.2, 0.25) is 36.3 Å². The van der Waals surface area contributed by atoms with Gasteiger partial charge in [0.2, 0.25) is 0 Å². The van der Waals surface area contributed by atoms with Crippen LogP contribution in [-0.2, 0) is 32.6 Å². The molecule has 0 aromatic rings. The lowest BCUT2D eigenvalue weighted by molar-refractivity contribution is -0.153. The van der Waals surface area contributed by atoms with Gasteiger partial charge in [-0.25, -0.2) is 0 Å². The van der Waals surface area contributed by atoms with Crippen molar-refractivity contribution in [2.75, 3.05) is 14.2 Å². The van der Waals surface area contributed by atoms with E-state index in [1.54, 1.807) is 7.11 Å². The predicted molar refractivity (Wildman–Crippen MR) is 199 cm³/mol. The zero-order valence-electron chi connectivity index (χ0n) is 33.1. The molecule has 0 aromatic carbocycles. The van der Waals surface area contributed by atoms with Gasteiger partial charge in [-0.1, -0.05) is 74.5 Å². The second kappa shape index (κ2) is 18.1. The average molecular weight is 699 g/mol. The Labute approximate surface area is 291 Å². The number of ether oxygens (including phenoxy) is 4. The van der Waals surface area contributed by atoms with Crippen molar-refractivity contribution in [2.24, 2.45) is 11.8 Å².